The van der Waals surface area contributed by atoms with Gasteiger partial charge < -0.3 is 22.9 Å². The van der Waals surface area contributed by atoms with Gasteiger partial charge in [-0.25, -0.2) is 0 Å². The second-order valence-corrected chi connectivity index (χ2v) is 13.2. The smallest absolute Gasteiger partial charge is 0.0299 e. The molecule has 156 valence electrons. The first-order valence-electron chi connectivity index (χ1n) is 11.6. The lowest BCUT2D eigenvalue weighted by Gasteiger charge is -2.67. The minimum atomic E-state index is -0.305. The monoisotopic (exact) mass is 384 g/mol. The molecule has 8 bridgehead atoms. The average molecular weight is 385 g/mol. The zero-order valence-corrected chi connectivity index (χ0v) is 18.3. The predicted octanol–water partition coefficient (Wildman–Crippen LogP) is 2.79. The SMILES string of the molecule is CC12C=CC(C)(CC1)C1(N)CC2(N)C2C1C1(C)CCC2(C)C2(N)CCC1(N)C2. The van der Waals surface area contributed by atoms with Gasteiger partial charge in [0.15, 0.2) is 0 Å². The van der Waals surface area contributed by atoms with Crippen LogP contribution >= 0.6 is 0 Å². The molecule has 0 spiro atoms. The van der Waals surface area contributed by atoms with Crippen molar-refractivity contribution in [1.29, 1.82) is 0 Å². The van der Waals surface area contributed by atoms with E-state index in [2.05, 4.69) is 39.8 Å². The van der Waals surface area contributed by atoms with Gasteiger partial charge in [-0.3, -0.25) is 0 Å². The van der Waals surface area contributed by atoms with E-state index in [1.54, 1.807) is 0 Å². The molecule has 4 heteroatoms. The molecule has 10 atom stereocenters. The van der Waals surface area contributed by atoms with Crippen LogP contribution in [0.5, 0.6) is 0 Å². The summed E-state index contributed by atoms with van der Waals surface area (Å²) in [5.74, 6) is 0.683. The molecule has 4 nitrogen and oxygen atoms in total. The van der Waals surface area contributed by atoms with Gasteiger partial charge in [-0.05, 0) is 74.0 Å². The molecule has 0 aromatic heterocycles. The topological polar surface area (TPSA) is 104 Å². The van der Waals surface area contributed by atoms with E-state index >= 15 is 0 Å². The lowest BCUT2D eigenvalue weighted by Crippen LogP contribution is -2.72. The standard InChI is InChI=1S/C24H40N4/c1-17-5-7-18(2,8-6-17)24(28)14-23(17,27)15-16(24)20(4)10-9-19(15,3)21(25)11-12-22(20,26)13-21/h5,7,15-16H,6,8-14,25-28H2,1-4H3. The largest absolute Gasteiger partial charge is 0.325 e. The van der Waals surface area contributed by atoms with E-state index in [1.807, 2.05) is 0 Å². The van der Waals surface area contributed by atoms with Gasteiger partial charge >= 0.3 is 0 Å². The third kappa shape index (κ3) is 1.44. The summed E-state index contributed by atoms with van der Waals surface area (Å²) in [5, 5.41) is 0. The maximum atomic E-state index is 7.62. The molecule has 0 amide bonds. The lowest BCUT2D eigenvalue weighted by molar-refractivity contribution is -0.136. The van der Waals surface area contributed by atoms with Crippen molar-refractivity contribution in [2.45, 2.75) is 101 Å². The Kier molecular flexibility index (Phi) is 2.82. The average Bonchev–Trinajstić information content (AvgIpc) is 3.03. The van der Waals surface area contributed by atoms with Gasteiger partial charge in [-0.1, -0.05) is 39.8 Å². The highest BCUT2D eigenvalue weighted by Gasteiger charge is 2.83. The molecule has 0 aromatic rings. The number of hydrogen-bond donors (Lipinski definition) is 4. The molecule has 0 heterocycles. The van der Waals surface area contributed by atoms with Gasteiger partial charge in [-0.2, -0.15) is 0 Å². The Morgan fingerprint density at radius 1 is 0.571 bits per heavy atom. The van der Waals surface area contributed by atoms with Crippen molar-refractivity contribution in [3.8, 4) is 0 Å². The fourth-order valence-electron chi connectivity index (χ4n) is 10.2. The minimum Gasteiger partial charge on any atom is -0.325 e. The fourth-order valence-corrected chi connectivity index (χ4v) is 10.2. The Morgan fingerprint density at radius 2 is 0.964 bits per heavy atom. The normalized spacial score (nSPS) is 71.4. The van der Waals surface area contributed by atoms with Crippen LogP contribution < -0.4 is 22.9 Å². The van der Waals surface area contributed by atoms with Gasteiger partial charge in [-0.15, -0.1) is 0 Å². The zero-order chi connectivity index (χ0) is 20.2. The Labute approximate surface area is 170 Å². The van der Waals surface area contributed by atoms with Crippen LogP contribution in [0.2, 0.25) is 0 Å². The van der Waals surface area contributed by atoms with Crippen LogP contribution in [0.25, 0.3) is 0 Å². The van der Waals surface area contributed by atoms with Crippen molar-refractivity contribution >= 4 is 0 Å². The summed E-state index contributed by atoms with van der Waals surface area (Å²) in [6.45, 7) is 9.75. The Bertz CT molecular complexity index is 761. The molecule has 0 radical (unpaired) electrons. The summed E-state index contributed by atoms with van der Waals surface area (Å²) >= 11 is 0. The quantitative estimate of drug-likeness (QED) is 0.482. The van der Waals surface area contributed by atoms with Crippen LogP contribution in [-0.2, 0) is 0 Å². The second-order valence-electron chi connectivity index (χ2n) is 13.2. The third-order valence-electron chi connectivity index (χ3n) is 12.6. The van der Waals surface area contributed by atoms with Crippen molar-refractivity contribution in [2.24, 2.45) is 56.4 Å². The van der Waals surface area contributed by atoms with Gasteiger partial charge in [0, 0.05) is 33.0 Å². The molecule has 0 aliphatic heterocycles. The summed E-state index contributed by atoms with van der Waals surface area (Å²) < 4.78 is 0. The van der Waals surface area contributed by atoms with E-state index < -0.39 is 0 Å². The van der Waals surface area contributed by atoms with Gasteiger partial charge in [0.1, 0.15) is 0 Å². The van der Waals surface area contributed by atoms with Crippen molar-refractivity contribution in [3.05, 3.63) is 12.2 Å². The summed E-state index contributed by atoms with van der Waals surface area (Å²) in [7, 11) is 0. The molecular formula is C24H40N4. The summed E-state index contributed by atoms with van der Waals surface area (Å²) in [6, 6.07) is 0. The van der Waals surface area contributed by atoms with E-state index in [0.29, 0.717) is 11.8 Å². The van der Waals surface area contributed by atoms with E-state index in [1.165, 1.54) is 0 Å². The van der Waals surface area contributed by atoms with Crippen molar-refractivity contribution in [3.63, 3.8) is 0 Å². The lowest BCUT2D eigenvalue weighted by atomic mass is 9.39. The second kappa shape index (κ2) is 4.30. The predicted molar refractivity (Wildman–Crippen MR) is 113 cm³/mol. The van der Waals surface area contributed by atoms with Crippen LogP contribution in [0.1, 0.15) is 79.1 Å². The molecule has 8 N–H and O–H groups in total. The third-order valence-corrected chi connectivity index (χ3v) is 12.6. The summed E-state index contributed by atoms with van der Waals surface area (Å²) in [4.78, 5) is 0. The van der Waals surface area contributed by atoms with Crippen molar-refractivity contribution in [1.82, 2.24) is 0 Å². The molecule has 28 heavy (non-hydrogen) atoms. The molecule has 8 aliphatic carbocycles. The van der Waals surface area contributed by atoms with Crippen LogP contribution in [0.3, 0.4) is 0 Å². The first kappa shape index (κ1) is 18.4. The number of nitrogens with two attached hydrogens (primary N) is 4. The molecular weight excluding hydrogens is 344 g/mol. The molecule has 0 saturated heterocycles. The first-order valence-corrected chi connectivity index (χ1v) is 11.6. The van der Waals surface area contributed by atoms with E-state index in [-0.39, 0.29) is 43.8 Å². The van der Waals surface area contributed by atoms with Crippen LogP contribution in [0, 0.1) is 33.5 Å². The number of hydrogen-bond acceptors (Lipinski definition) is 4. The number of fused-ring (bicyclic) bond motifs is 2. The maximum Gasteiger partial charge on any atom is 0.0299 e. The molecule has 6 fully saturated rings. The first-order chi connectivity index (χ1) is 12.7. The van der Waals surface area contributed by atoms with Gasteiger partial charge in [0.25, 0.3) is 0 Å². The molecule has 0 aromatic carbocycles. The van der Waals surface area contributed by atoms with Crippen LogP contribution in [-0.4, -0.2) is 22.2 Å². The van der Waals surface area contributed by atoms with E-state index in [0.717, 1.165) is 51.4 Å². The number of rotatable bonds is 0. The fraction of sp³-hybridized carbons (Fsp3) is 0.917. The summed E-state index contributed by atoms with van der Waals surface area (Å²) in [5.41, 5.74) is 28.8. The maximum absolute atomic E-state index is 7.62. The van der Waals surface area contributed by atoms with Crippen molar-refractivity contribution < 1.29 is 0 Å². The van der Waals surface area contributed by atoms with Gasteiger partial charge in [0.2, 0.25) is 0 Å². The summed E-state index contributed by atoms with van der Waals surface area (Å²) in [6.07, 6.45) is 13.4. The highest BCUT2D eigenvalue weighted by atomic mass is 15.1. The highest BCUT2D eigenvalue weighted by Crippen LogP contribution is 2.80. The van der Waals surface area contributed by atoms with Crippen LogP contribution in [0.4, 0.5) is 0 Å². The zero-order valence-electron chi connectivity index (χ0n) is 18.3. The minimum absolute atomic E-state index is 0.00569. The van der Waals surface area contributed by atoms with E-state index in [9.17, 15) is 0 Å². The Morgan fingerprint density at radius 3 is 1.32 bits per heavy atom. The van der Waals surface area contributed by atoms with Crippen LogP contribution in [0.15, 0.2) is 12.2 Å². The Hall–Kier alpha value is -0.420. The Balaban J connectivity index is 1.72. The molecule has 6 saturated carbocycles. The molecule has 10 unspecified atom stereocenters. The molecule has 8 aliphatic rings. The van der Waals surface area contributed by atoms with E-state index in [4.69, 9.17) is 22.9 Å². The van der Waals surface area contributed by atoms with Crippen molar-refractivity contribution in [2.75, 3.05) is 0 Å². The van der Waals surface area contributed by atoms with Gasteiger partial charge in [0.05, 0.1) is 0 Å². The highest BCUT2D eigenvalue weighted by molar-refractivity contribution is 5.42. The molecule has 8 rings (SSSR count).